The molecule has 3 nitrogen and oxygen atoms in total. The van der Waals surface area contributed by atoms with E-state index in [1.807, 2.05) is 0 Å². The highest BCUT2D eigenvalue weighted by molar-refractivity contribution is 5.68. The van der Waals surface area contributed by atoms with E-state index in [0.29, 0.717) is 10.8 Å². The van der Waals surface area contributed by atoms with Crippen molar-refractivity contribution in [1.82, 2.24) is 0 Å². The maximum atomic E-state index is 10.9. The molecular weight excluding hydrogens is 396 g/mol. The number of ether oxygens (including phenoxy) is 1. The lowest BCUT2D eigenvalue weighted by Gasteiger charge is -2.58. The van der Waals surface area contributed by atoms with E-state index in [1.54, 1.807) is 5.57 Å². The second-order valence-electron chi connectivity index (χ2n) is 12.9. The number of aliphatic carboxylic acids is 1. The van der Waals surface area contributed by atoms with E-state index in [-0.39, 0.29) is 12.7 Å². The molecule has 0 amide bonds. The third kappa shape index (κ3) is 4.44. The highest BCUT2D eigenvalue weighted by Gasteiger charge is 2.59. The van der Waals surface area contributed by atoms with Gasteiger partial charge in [0.05, 0.1) is 6.10 Å². The Morgan fingerprint density at radius 2 is 1.88 bits per heavy atom. The van der Waals surface area contributed by atoms with Crippen LogP contribution in [0, 0.1) is 46.3 Å². The fourth-order valence-electron chi connectivity index (χ4n) is 8.98. The van der Waals surface area contributed by atoms with E-state index >= 15 is 0 Å². The van der Waals surface area contributed by atoms with Gasteiger partial charge in [0.25, 0.3) is 0 Å². The zero-order valence-corrected chi connectivity index (χ0v) is 21.4. The number of carbonyl (C=O) groups is 1. The molecule has 4 aliphatic carbocycles. The first kappa shape index (κ1) is 24.3. The summed E-state index contributed by atoms with van der Waals surface area (Å²) in [6, 6.07) is 0. The van der Waals surface area contributed by atoms with Crippen molar-refractivity contribution < 1.29 is 14.6 Å². The number of carboxylic acids is 1. The molecule has 3 heteroatoms. The summed E-state index contributed by atoms with van der Waals surface area (Å²) in [5, 5.41) is 8.99. The minimum atomic E-state index is -0.850. The Morgan fingerprint density at radius 3 is 2.59 bits per heavy atom. The van der Waals surface area contributed by atoms with Crippen LogP contribution in [0.2, 0.25) is 0 Å². The zero-order chi connectivity index (χ0) is 23.1. The second kappa shape index (κ2) is 9.43. The summed E-state index contributed by atoms with van der Waals surface area (Å²) in [5.74, 6) is 4.33. The van der Waals surface area contributed by atoms with Crippen LogP contribution in [-0.4, -0.2) is 23.8 Å². The largest absolute Gasteiger partial charge is 0.480 e. The van der Waals surface area contributed by atoms with Crippen molar-refractivity contribution in [3.8, 4) is 0 Å². The number of carboxylic acid groups (broad SMARTS) is 1. The van der Waals surface area contributed by atoms with Gasteiger partial charge in [-0.25, -0.2) is 4.79 Å². The summed E-state index contributed by atoms with van der Waals surface area (Å²) in [7, 11) is 0. The average molecular weight is 445 g/mol. The second-order valence-corrected chi connectivity index (χ2v) is 12.9. The van der Waals surface area contributed by atoms with Crippen LogP contribution in [-0.2, 0) is 9.53 Å². The minimum Gasteiger partial charge on any atom is -0.480 e. The summed E-state index contributed by atoms with van der Waals surface area (Å²) in [5.41, 5.74) is 2.44. The van der Waals surface area contributed by atoms with Crippen molar-refractivity contribution >= 4 is 5.97 Å². The third-order valence-corrected chi connectivity index (χ3v) is 10.7. The molecule has 32 heavy (non-hydrogen) atoms. The molecule has 182 valence electrons. The Labute approximate surface area is 196 Å². The molecule has 0 spiro atoms. The highest BCUT2D eigenvalue weighted by atomic mass is 16.5. The van der Waals surface area contributed by atoms with Gasteiger partial charge in [-0.05, 0) is 97.7 Å². The van der Waals surface area contributed by atoms with E-state index in [1.165, 1.54) is 57.8 Å². The summed E-state index contributed by atoms with van der Waals surface area (Å²) >= 11 is 0. The fraction of sp³-hybridized carbons (Fsp3) is 0.897. The molecule has 1 unspecified atom stereocenters. The van der Waals surface area contributed by atoms with Gasteiger partial charge in [0.2, 0.25) is 0 Å². The van der Waals surface area contributed by atoms with Crippen LogP contribution in [0.4, 0.5) is 0 Å². The predicted octanol–water partition coefficient (Wildman–Crippen LogP) is 7.50. The van der Waals surface area contributed by atoms with Crippen LogP contribution in [0.3, 0.4) is 0 Å². The number of hydrogen-bond donors (Lipinski definition) is 1. The lowest BCUT2D eigenvalue weighted by atomic mass is 9.47. The van der Waals surface area contributed by atoms with Crippen molar-refractivity contribution in [2.24, 2.45) is 46.3 Å². The van der Waals surface area contributed by atoms with Crippen LogP contribution in [0.5, 0.6) is 0 Å². The molecule has 0 heterocycles. The molecule has 0 aromatic rings. The van der Waals surface area contributed by atoms with E-state index in [2.05, 4.69) is 40.7 Å². The van der Waals surface area contributed by atoms with Crippen molar-refractivity contribution in [1.29, 1.82) is 0 Å². The van der Waals surface area contributed by atoms with Crippen molar-refractivity contribution in [3.63, 3.8) is 0 Å². The lowest BCUT2D eigenvalue weighted by molar-refractivity contribution is -0.145. The van der Waals surface area contributed by atoms with Gasteiger partial charge in [-0.1, -0.05) is 65.5 Å². The van der Waals surface area contributed by atoms with Gasteiger partial charge in [-0.2, -0.15) is 0 Å². The van der Waals surface area contributed by atoms with Crippen molar-refractivity contribution in [3.05, 3.63) is 11.6 Å². The van der Waals surface area contributed by atoms with E-state index in [9.17, 15) is 4.79 Å². The van der Waals surface area contributed by atoms with Gasteiger partial charge in [0, 0.05) is 0 Å². The van der Waals surface area contributed by atoms with Gasteiger partial charge < -0.3 is 9.84 Å². The molecule has 4 rings (SSSR count). The van der Waals surface area contributed by atoms with Gasteiger partial charge >= 0.3 is 5.97 Å². The Morgan fingerprint density at radius 1 is 1.09 bits per heavy atom. The van der Waals surface area contributed by atoms with E-state index in [4.69, 9.17) is 9.84 Å². The van der Waals surface area contributed by atoms with Crippen LogP contribution in [0.15, 0.2) is 11.6 Å². The first-order chi connectivity index (χ1) is 15.1. The number of fused-ring (bicyclic) bond motifs is 5. The first-order valence-electron chi connectivity index (χ1n) is 13.7. The quantitative estimate of drug-likeness (QED) is 0.394. The standard InChI is InChI=1S/C29H48O3/c1-19(2)7-6-8-20(3)24-11-12-25-23-10-9-21-17-22(32-18-27(30)31)13-15-28(21,4)26(23)14-16-29(24,25)5/h9,19-20,22-26H,6-8,10-18H2,1-5H3,(H,30,31)/t20-,22?,23+,24-,25+,26+,28+,29-/m1/s1. The Hall–Kier alpha value is -0.830. The maximum absolute atomic E-state index is 10.9. The van der Waals surface area contributed by atoms with E-state index in [0.717, 1.165) is 48.3 Å². The lowest BCUT2D eigenvalue weighted by Crippen LogP contribution is -2.51. The smallest absolute Gasteiger partial charge is 0.329 e. The molecular formula is C29H48O3. The summed E-state index contributed by atoms with van der Waals surface area (Å²) in [4.78, 5) is 10.9. The van der Waals surface area contributed by atoms with Gasteiger partial charge in [-0.15, -0.1) is 0 Å². The molecule has 8 atom stereocenters. The zero-order valence-electron chi connectivity index (χ0n) is 21.4. The fourth-order valence-corrected chi connectivity index (χ4v) is 8.98. The normalized spacial score (nSPS) is 42.1. The molecule has 3 saturated carbocycles. The third-order valence-electron chi connectivity index (χ3n) is 10.7. The minimum absolute atomic E-state index is 0.0957. The number of allylic oxidation sites excluding steroid dienone is 1. The topological polar surface area (TPSA) is 46.5 Å². The molecule has 3 fully saturated rings. The van der Waals surface area contributed by atoms with Crippen molar-refractivity contribution in [2.75, 3.05) is 6.61 Å². The monoisotopic (exact) mass is 444 g/mol. The van der Waals surface area contributed by atoms with Crippen molar-refractivity contribution in [2.45, 2.75) is 111 Å². The highest BCUT2D eigenvalue weighted by Crippen LogP contribution is 2.67. The van der Waals surface area contributed by atoms with Gasteiger partial charge in [0.1, 0.15) is 6.61 Å². The molecule has 0 aromatic carbocycles. The summed E-state index contributed by atoms with van der Waals surface area (Å²) in [6.07, 6.45) is 16.9. The van der Waals surface area contributed by atoms with Crippen LogP contribution in [0.25, 0.3) is 0 Å². The molecule has 0 aliphatic heterocycles. The summed E-state index contributed by atoms with van der Waals surface area (Å²) < 4.78 is 5.71. The molecule has 0 radical (unpaired) electrons. The van der Waals surface area contributed by atoms with E-state index < -0.39 is 5.97 Å². The molecule has 0 aromatic heterocycles. The maximum Gasteiger partial charge on any atom is 0.329 e. The van der Waals surface area contributed by atoms with Crippen LogP contribution in [0.1, 0.15) is 105 Å². The molecule has 4 aliphatic rings. The van der Waals surface area contributed by atoms with Crippen LogP contribution < -0.4 is 0 Å². The molecule has 0 saturated heterocycles. The predicted molar refractivity (Wildman–Crippen MR) is 130 cm³/mol. The van der Waals surface area contributed by atoms with Crippen LogP contribution >= 0.6 is 0 Å². The van der Waals surface area contributed by atoms with Gasteiger partial charge in [0.15, 0.2) is 0 Å². The number of rotatable bonds is 8. The number of hydrogen-bond acceptors (Lipinski definition) is 2. The average Bonchev–Trinajstić information content (AvgIpc) is 3.09. The summed E-state index contributed by atoms with van der Waals surface area (Å²) in [6.45, 7) is 12.3. The molecule has 0 bridgehead atoms. The Bertz CT molecular complexity index is 711. The Kier molecular flexibility index (Phi) is 7.16. The SMILES string of the molecule is CC(C)CCC[C@@H](C)[C@H]1CC[C@H]2[C@@H]3CC=C4CC(OCC(=O)O)CC[C@]4(C)[C@H]3CC[C@]12C. The molecule has 1 N–H and O–H groups in total. The Balaban J connectivity index is 1.44. The first-order valence-corrected chi connectivity index (χ1v) is 13.7. The van der Waals surface area contributed by atoms with Gasteiger partial charge in [-0.3, -0.25) is 0 Å².